The molecule has 0 amide bonds. The topological polar surface area (TPSA) is 202 Å². The fourth-order valence-corrected chi connectivity index (χ4v) is 1.12. The van der Waals surface area contributed by atoms with Crippen LogP contribution in [0.5, 0.6) is 0 Å². The van der Waals surface area contributed by atoms with Gasteiger partial charge in [-0.3, -0.25) is 0 Å². The van der Waals surface area contributed by atoms with Gasteiger partial charge in [-0.15, -0.1) is 0 Å². The second kappa shape index (κ2) is 6.71. The number of rotatable bonds is 1. The number of hydrogen-bond acceptors (Lipinski definition) is 10. The van der Waals surface area contributed by atoms with Crippen LogP contribution < -0.4 is 20.4 Å². The molecule has 1 rings (SSSR count). The highest BCUT2D eigenvalue weighted by Crippen LogP contribution is 2.17. The minimum absolute atomic E-state index is 0.470. The third-order valence-electron chi connectivity index (χ3n) is 1.95. The van der Waals surface area contributed by atoms with Crippen molar-refractivity contribution in [2.75, 3.05) is 6.61 Å². The Balaban J connectivity index is 0.000000437. The Morgan fingerprint density at radius 2 is 1.59 bits per heavy atom. The zero-order valence-corrected chi connectivity index (χ0v) is 9.34. The summed E-state index contributed by atoms with van der Waals surface area (Å²) in [5, 5.41) is 36.1. The van der Waals surface area contributed by atoms with Gasteiger partial charge in [-0.25, -0.2) is 0 Å². The molecule has 0 radical (unpaired) electrons. The molecule has 0 aromatic carbocycles. The van der Waals surface area contributed by atoms with Crippen molar-refractivity contribution in [3.63, 3.8) is 0 Å². The van der Waals surface area contributed by atoms with Crippen molar-refractivity contribution in [3.8, 4) is 0 Å². The maximum Gasteiger partial charge on any atom is 0.173 e. The van der Waals surface area contributed by atoms with Crippen molar-refractivity contribution in [1.29, 1.82) is 0 Å². The predicted octanol–water partition coefficient (Wildman–Crippen LogP) is -6.08. The fourth-order valence-electron chi connectivity index (χ4n) is 1.12. The summed E-state index contributed by atoms with van der Waals surface area (Å²) >= 11 is 0. The Hall–Kier alpha value is -0.130. The van der Waals surface area contributed by atoms with E-state index >= 15 is 0 Å². The minimum atomic E-state index is -5.39. The summed E-state index contributed by atoms with van der Waals surface area (Å²) in [4.78, 5) is 25.6. The van der Waals surface area contributed by atoms with Gasteiger partial charge in [-0.1, -0.05) is 0 Å². The molecular weight excluding hydrogens is 261 g/mol. The van der Waals surface area contributed by atoms with Crippen LogP contribution in [0.4, 0.5) is 0 Å². The third-order valence-corrected chi connectivity index (χ3v) is 1.95. The lowest BCUT2D eigenvalue weighted by molar-refractivity contribution is -0.432. The molecule has 1 aliphatic rings. The summed E-state index contributed by atoms with van der Waals surface area (Å²) in [6.45, 7) is -0.470. The minimum Gasteiger partial charge on any atom is -0.822 e. The maximum absolute atomic E-state index is 9.20. The Kier molecular flexibility index (Phi) is 6.66. The van der Waals surface area contributed by atoms with E-state index in [0.29, 0.717) is 0 Å². The lowest BCUT2D eigenvalue weighted by atomic mass is 9.98. The molecule has 0 aliphatic carbocycles. The first-order chi connectivity index (χ1) is 7.57. The molecule has 0 bridgehead atoms. The van der Waals surface area contributed by atoms with E-state index in [1.807, 2.05) is 0 Å². The van der Waals surface area contributed by atoms with Crippen molar-refractivity contribution in [2.45, 2.75) is 30.6 Å². The number of aliphatic hydroxyl groups is 4. The molecule has 0 unspecified atom stereocenters. The van der Waals surface area contributed by atoms with E-state index in [4.69, 9.17) is 39.9 Å². The standard InChI is InChI=1S/C6H13NO5.H3O4P/c7-3-5(10)4(9)2(1-8)12-6(3)11;1-5(2,3)4/h2-6,8-11H,1,7H2;(H3,1,2,3,4)/p-3/t2-,3-,4-,5-,6-;/m1./s1. The number of ether oxygens (including phenoxy) is 1. The number of aliphatic hydroxyl groups excluding tert-OH is 4. The van der Waals surface area contributed by atoms with E-state index < -0.39 is 45.1 Å². The number of phosphoric acid groups is 1. The Bertz CT molecular complexity index is 257. The van der Waals surface area contributed by atoms with E-state index in [2.05, 4.69) is 0 Å². The van der Waals surface area contributed by atoms with Gasteiger partial charge in [0.25, 0.3) is 0 Å². The van der Waals surface area contributed by atoms with Crippen LogP contribution in [0.3, 0.4) is 0 Å². The highest BCUT2D eigenvalue weighted by atomic mass is 31.2. The van der Waals surface area contributed by atoms with Crippen LogP contribution in [0.1, 0.15) is 0 Å². The molecule has 1 saturated heterocycles. The molecular formula is C6H13NO9P-3. The van der Waals surface area contributed by atoms with Gasteiger partial charge in [0.2, 0.25) is 0 Å². The molecule has 11 heteroatoms. The van der Waals surface area contributed by atoms with Crippen molar-refractivity contribution >= 4 is 7.82 Å². The molecule has 1 aliphatic heterocycles. The molecule has 0 saturated carbocycles. The Labute approximate surface area is 96.1 Å². The maximum atomic E-state index is 9.20. The van der Waals surface area contributed by atoms with Gasteiger partial charge in [-0.2, -0.15) is 7.82 Å². The molecule has 10 nitrogen and oxygen atoms in total. The van der Waals surface area contributed by atoms with Crippen LogP contribution in [0, 0.1) is 0 Å². The monoisotopic (exact) mass is 274 g/mol. The summed E-state index contributed by atoms with van der Waals surface area (Å²) in [6, 6.07) is -1.04. The smallest absolute Gasteiger partial charge is 0.173 e. The van der Waals surface area contributed by atoms with E-state index in [9.17, 15) is 10.2 Å². The van der Waals surface area contributed by atoms with Crippen LogP contribution in [-0.4, -0.2) is 57.7 Å². The zero-order chi connectivity index (χ0) is 13.8. The van der Waals surface area contributed by atoms with Gasteiger partial charge >= 0.3 is 0 Å². The first kappa shape index (κ1) is 16.9. The first-order valence-corrected chi connectivity index (χ1v) is 5.83. The van der Waals surface area contributed by atoms with Crippen LogP contribution in [-0.2, 0) is 9.30 Å². The average Bonchev–Trinajstić information content (AvgIpc) is 2.18. The highest BCUT2D eigenvalue weighted by Gasteiger charge is 2.41. The number of nitrogens with two attached hydrogens (primary N) is 1. The molecule has 0 spiro atoms. The van der Waals surface area contributed by atoms with E-state index in [-0.39, 0.29) is 0 Å². The van der Waals surface area contributed by atoms with Gasteiger partial charge in [0.1, 0.15) is 18.3 Å². The lowest BCUT2D eigenvalue weighted by Crippen LogP contribution is -2.61. The quantitative estimate of drug-likeness (QED) is 0.286. The molecule has 5 atom stereocenters. The summed E-state index contributed by atoms with van der Waals surface area (Å²) in [5.41, 5.74) is 5.26. The fraction of sp³-hybridized carbons (Fsp3) is 1.00. The van der Waals surface area contributed by atoms with Crippen LogP contribution in [0.15, 0.2) is 0 Å². The molecule has 1 heterocycles. The molecule has 0 aromatic heterocycles. The predicted molar refractivity (Wildman–Crippen MR) is 45.6 cm³/mol. The summed E-state index contributed by atoms with van der Waals surface area (Å²) in [6.07, 6.45) is -4.85. The average molecular weight is 274 g/mol. The van der Waals surface area contributed by atoms with Crippen molar-refractivity contribution in [2.24, 2.45) is 5.73 Å². The zero-order valence-electron chi connectivity index (χ0n) is 8.45. The van der Waals surface area contributed by atoms with Gasteiger partial charge in [0.05, 0.1) is 12.6 Å². The van der Waals surface area contributed by atoms with Gasteiger partial charge < -0.3 is 50.1 Å². The van der Waals surface area contributed by atoms with Crippen LogP contribution >= 0.6 is 7.82 Å². The molecule has 104 valence electrons. The van der Waals surface area contributed by atoms with Crippen molar-refractivity contribution < 1.29 is 44.4 Å². The molecule has 6 N–H and O–H groups in total. The summed E-state index contributed by atoms with van der Waals surface area (Å²) < 4.78 is 13.2. The van der Waals surface area contributed by atoms with E-state index in [0.717, 1.165) is 0 Å². The largest absolute Gasteiger partial charge is 0.822 e. The van der Waals surface area contributed by atoms with Crippen LogP contribution in [0.2, 0.25) is 0 Å². The summed E-state index contributed by atoms with van der Waals surface area (Å²) in [5.74, 6) is 0. The van der Waals surface area contributed by atoms with Crippen molar-refractivity contribution in [1.82, 2.24) is 0 Å². The Morgan fingerprint density at radius 3 is 1.94 bits per heavy atom. The number of hydrogen-bond donors (Lipinski definition) is 5. The van der Waals surface area contributed by atoms with Gasteiger partial charge in [-0.05, 0) is 0 Å². The molecule has 1 fully saturated rings. The highest BCUT2D eigenvalue weighted by molar-refractivity contribution is 7.40. The van der Waals surface area contributed by atoms with Gasteiger partial charge in [0.15, 0.2) is 6.29 Å². The first-order valence-electron chi connectivity index (χ1n) is 4.37. The van der Waals surface area contributed by atoms with Gasteiger partial charge in [0, 0.05) is 0 Å². The second-order valence-corrected chi connectivity index (χ2v) is 4.15. The van der Waals surface area contributed by atoms with E-state index in [1.54, 1.807) is 0 Å². The normalized spacial score (nSPS) is 38.2. The third kappa shape index (κ3) is 6.38. The lowest BCUT2D eigenvalue weighted by Gasteiger charge is -2.38. The Morgan fingerprint density at radius 1 is 1.18 bits per heavy atom. The molecule has 0 aromatic rings. The second-order valence-electron chi connectivity index (χ2n) is 3.25. The van der Waals surface area contributed by atoms with E-state index in [1.165, 1.54) is 0 Å². The molecule has 17 heavy (non-hydrogen) atoms. The van der Waals surface area contributed by atoms with Crippen LogP contribution in [0.25, 0.3) is 0 Å². The SMILES string of the molecule is N[C@@H]1[C@@H](O)[C@H](O)[C@@H](CO)O[C@H]1O.O=P([O-])([O-])[O-]. The van der Waals surface area contributed by atoms with Crippen molar-refractivity contribution in [3.05, 3.63) is 0 Å². The summed E-state index contributed by atoms with van der Waals surface area (Å²) in [7, 11) is -5.39.